The third-order valence-corrected chi connectivity index (χ3v) is 4.68. The third-order valence-electron chi connectivity index (χ3n) is 3.13. The zero-order chi connectivity index (χ0) is 16.6. The zero-order valence-corrected chi connectivity index (χ0v) is 15.0. The van der Waals surface area contributed by atoms with Crippen LogP contribution in [0.2, 0.25) is 5.15 Å². The van der Waals surface area contributed by atoms with Crippen LogP contribution >= 0.6 is 11.6 Å². The highest BCUT2D eigenvalue weighted by molar-refractivity contribution is 7.92. The number of hydrogen-bond acceptors (Lipinski definition) is 5. The van der Waals surface area contributed by atoms with Gasteiger partial charge in [-0.15, -0.1) is 0 Å². The lowest BCUT2D eigenvalue weighted by Crippen LogP contribution is -2.45. The minimum absolute atomic E-state index is 0.0528. The SMILES string of the molecule is CC.Cc1cnc(Cl)c(NS(=O)(=O)CCN2CCNCC2)c1. The molecule has 0 aromatic carbocycles. The molecule has 1 aromatic heterocycles. The average Bonchev–Trinajstić information content (AvgIpc) is 2.52. The minimum atomic E-state index is -3.41. The molecule has 2 N–H and O–H groups in total. The quantitative estimate of drug-likeness (QED) is 0.792. The maximum absolute atomic E-state index is 12.1. The van der Waals surface area contributed by atoms with Crippen molar-refractivity contribution in [1.82, 2.24) is 15.2 Å². The molecular formula is C14H25ClN4O2S. The largest absolute Gasteiger partial charge is 0.314 e. The molecule has 22 heavy (non-hydrogen) atoms. The molecule has 0 amide bonds. The van der Waals surface area contributed by atoms with Gasteiger partial charge in [0, 0.05) is 38.9 Å². The summed E-state index contributed by atoms with van der Waals surface area (Å²) in [6, 6.07) is 1.68. The van der Waals surface area contributed by atoms with E-state index in [1.165, 1.54) is 0 Å². The standard InChI is InChI=1S/C12H19ClN4O2S.C2H6/c1-10-8-11(12(13)15-9-10)16-20(18,19)7-6-17-4-2-14-3-5-17;1-2/h8-9,14,16H,2-7H2,1H3;1-2H3. The van der Waals surface area contributed by atoms with Crippen LogP contribution < -0.4 is 10.0 Å². The summed E-state index contributed by atoms with van der Waals surface area (Å²) >= 11 is 5.89. The van der Waals surface area contributed by atoms with E-state index in [1.807, 2.05) is 20.8 Å². The Balaban J connectivity index is 0.00000116. The van der Waals surface area contributed by atoms with E-state index < -0.39 is 10.0 Å². The Morgan fingerprint density at radius 2 is 2.00 bits per heavy atom. The molecule has 0 radical (unpaired) electrons. The monoisotopic (exact) mass is 348 g/mol. The van der Waals surface area contributed by atoms with E-state index >= 15 is 0 Å². The maximum atomic E-state index is 12.1. The molecule has 0 atom stereocenters. The molecule has 0 unspecified atom stereocenters. The van der Waals surface area contributed by atoms with E-state index in [2.05, 4.69) is 19.9 Å². The van der Waals surface area contributed by atoms with Crippen molar-refractivity contribution in [2.75, 3.05) is 43.2 Å². The Morgan fingerprint density at radius 3 is 2.64 bits per heavy atom. The number of hydrogen-bond donors (Lipinski definition) is 2. The molecule has 126 valence electrons. The Bertz CT molecular complexity index is 560. The maximum Gasteiger partial charge on any atom is 0.234 e. The van der Waals surface area contributed by atoms with Crippen LogP contribution in [0.15, 0.2) is 12.3 Å². The fraction of sp³-hybridized carbons (Fsp3) is 0.643. The first-order valence-corrected chi connectivity index (χ1v) is 9.55. The van der Waals surface area contributed by atoms with Crippen LogP contribution in [-0.4, -0.2) is 56.8 Å². The summed E-state index contributed by atoms with van der Waals surface area (Å²) < 4.78 is 26.6. The van der Waals surface area contributed by atoms with Crippen molar-refractivity contribution in [2.45, 2.75) is 20.8 Å². The highest BCUT2D eigenvalue weighted by Crippen LogP contribution is 2.21. The summed E-state index contributed by atoms with van der Waals surface area (Å²) in [7, 11) is -3.41. The highest BCUT2D eigenvalue weighted by Gasteiger charge is 2.17. The van der Waals surface area contributed by atoms with Gasteiger partial charge in [-0.2, -0.15) is 0 Å². The van der Waals surface area contributed by atoms with E-state index in [0.717, 1.165) is 31.7 Å². The lowest BCUT2D eigenvalue weighted by atomic mass is 10.3. The van der Waals surface area contributed by atoms with Gasteiger partial charge < -0.3 is 5.32 Å². The second kappa shape index (κ2) is 9.29. The topological polar surface area (TPSA) is 74.3 Å². The first-order chi connectivity index (χ1) is 10.5. The van der Waals surface area contributed by atoms with Crippen LogP contribution in [0, 0.1) is 6.92 Å². The fourth-order valence-corrected chi connectivity index (χ4v) is 3.32. The number of nitrogens with one attached hydrogen (secondary N) is 2. The van der Waals surface area contributed by atoms with Gasteiger partial charge >= 0.3 is 0 Å². The van der Waals surface area contributed by atoms with Crippen molar-refractivity contribution < 1.29 is 8.42 Å². The van der Waals surface area contributed by atoms with Gasteiger partial charge in [0.2, 0.25) is 10.0 Å². The minimum Gasteiger partial charge on any atom is -0.314 e. The molecule has 1 saturated heterocycles. The number of aromatic nitrogens is 1. The molecule has 2 heterocycles. The van der Waals surface area contributed by atoms with Crippen LogP contribution in [-0.2, 0) is 10.0 Å². The summed E-state index contributed by atoms with van der Waals surface area (Å²) in [6.07, 6.45) is 1.60. The number of anilines is 1. The molecular weight excluding hydrogens is 324 g/mol. The number of halogens is 1. The molecule has 1 fully saturated rings. The van der Waals surface area contributed by atoms with Crippen LogP contribution in [0.3, 0.4) is 0 Å². The number of rotatable bonds is 5. The predicted octanol–water partition coefficient (Wildman–Crippen LogP) is 1.72. The summed E-state index contributed by atoms with van der Waals surface area (Å²) in [5, 5.41) is 3.40. The molecule has 0 spiro atoms. The van der Waals surface area contributed by atoms with Gasteiger partial charge in [-0.1, -0.05) is 25.4 Å². The van der Waals surface area contributed by atoms with Crippen molar-refractivity contribution in [3.05, 3.63) is 23.0 Å². The summed E-state index contributed by atoms with van der Waals surface area (Å²) in [6.45, 7) is 9.92. The van der Waals surface area contributed by atoms with Crippen LogP contribution in [0.1, 0.15) is 19.4 Å². The third kappa shape index (κ3) is 6.48. The van der Waals surface area contributed by atoms with Gasteiger partial charge in [0.05, 0.1) is 11.4 Å². The summed E-state index contributed by atoms with van der Waals surface area (Å²) in [5.74, 6) is 0.0528. The first-order valence-electron chi connectivity index (χ1n) is 7.52. The van der Waals surface area contributed by atoms with E-state index in [1.54, 1.807) is 12.3 Å². The van der Waals surface area contributed by atoms with Crippen LogP contribution in [0.5, 0.6) is 0 Å². The van der Waals surface area contributed by atoms with Crippen molar-refractivity contribution >= 4 is 27.3 Å². The highest BCUT2D eigenvalue weighted by atomic mass is 35.5. The number of pyridine rings is 1. The Labute approximate surface area is 138 Å². The van der Waals surface area contributed by atoms with E-state index in [0.29, 0.717) is 12.2 Å². The molecule has 0 saturated carbocycles. The second-order valence-corrected chi connectivity index (χ2v) is 7.06. The van der Waals surface area contributed by atoms with Gasteiger partial charge in [-0.25, -0.2) is 13.4 Å². The summed E-state index contributed by atoms with van der Waals surface area (Å²) in [5.41, 5.74) is 1.20. The number of aryl methyl sites for hydroxylation is 1. The second-order valence-electron chi connectivity index (χ2n) is 4.86. The number of nitrogens with zero attached hydrogens (tertiary/aromatic N) is 2. The molecule has 0 bridgehead atoms. The number of piperazine rings is 1. The van der Waals surface area contributed by atoms with Crippen LogP contribution in [0.4, 0.5) is 5.69 Å². The van der Waals surface area contributed by atoms with Crippen molar-refractivity contribution in [3.8, 4) is 0 Å². The van der Waals surface area contributed by atoms with Gasteiger partial charge in [-0.05, 0) is 18.6 Å². The van der Waals surface area contributed by atoms with Crippen molar-refractivity contribution in [1.29, 1.82) is 0 Å². The van der Waals surface area contributed by atoms with E-state index in [4.69, 9.17) is 11.6 Å². The smallest absolute Gasteiger partial charge is 0.234 e. The molecule has 1 aliphatic heterocycles. The van der Waals surface area contributed by atoms with E-state index in [-0.39, 0.29) is 10.9 Å². The molecule has 0 aliphatic carbocycles. The fourth-order valence-electron chi connectivity index (χ4n) is 2.03. The Morgan fingerprint density at radius 1 is 1.36 bits per heavy atom. The first kappa shape index (κ1) is 19.2. The lowest BCUT2D eigenvalue weighted by molar-refractivity contribution is 0.254. The van der Waals surface area contributed by atoms with Gasteiger partial charge in [0.25, 0.3) is 0 Å². The summed E-state index contributed by atoms with van der Waals surface area (Å²) in [4.78, 5) is 6.06. The molecule has 1 aromatic rings. The normalized spacial score (nSPS) is 15.8. The van der Waals surface area contributed by atoms with E-state index in [9.17, 15) is 8.42 Å². The molecule has 1 aliphatic rings. The Hall–Kier alpha value is -0.890. The van der Waals surface area contributed by atoms with Gasteiger partial charge in [0.15, 0.2) is 5.15 Å². The Kier molecular flexibility index (Phi) is 8.09. The van der Waals surface area contributed by atoms with Crippen molar-refractivity contribution in [2.24, 2.45) is 0 Å². The molecule has 8 heteroatoms. The molecule has 6 nitrogen and oxygen atoms in total. The molecule has 2 rings (SSSR count). The van der Waals surface area contributed by atoms with Gasteiger partial charge in [-0.3, -0.25) is 9.62 Å². The zero-order valence-electron chi connectivity index (χ0n) is 13.4. The predicted molar refractivity (Wildman–Crippen MR) is 92.1 cm³/mol. The number of sulfonamides is 1. The van der Waals surface area contributed by atoms with Crippen molar-refractivity contribution in [3.63, 3.8) is 0 Å². The van der Waals surface area contributed by atoms with Crippen LogP contribution in [0.25, 0.3) is 0 Å². The average molecular weight is 349 g/mol. The lowest BCUT2D eigenvalue weighted by Gasteiger charge is -2.26. The van der Waals surface area contributed by atoms with Gasteiger partial charge in [0.1, 0.15) is 0 Å².